The summed E-state index contributed by atoms with van der Waals surface area (Å²) in [5, 5.41) is 6.06. The smallest absolute Gasteiger partial charge is 0.250 e. The summed E-state index contributed by atoms with van der Waals surface area (Å²) in [5.74, 6) is 0.623. The number of nitrogens with zero attached hydrogens (tertiary/aromatic N) is 4. The van der Waals surface area contributed by atoms with Gasteiger partial charge in [-0.3, -0.25) is 9.78 Å². The van der Waals surface area contributed by atoms with E-state index in [1.807, 2.05) is 24.3 Å². The predicted octanol–water partition coefficient (Wildman–Crippen LogP) is 5.59. The van der Waals surface area contributed by atoms with E-state index in [4.69, 9.17) is 9.47 Å². The number of carbonyl (C=O) groups is 1. The van der Waals surface area contributed by atoms with Crippen molar-refractivity contribution in [3.63, 3.8) is 0 Å². The SMILES string of the molecule is C=CC(=O)N1CCOc2ccc(Nc3ncc(F)c(Nc4ccc(OCc5ccccn5)c(I)c4)n3)cc21. The Bertz CT molecular complexity index is 1490. The van der Waals surface area contributed by atoms with Crippen molar-refractivity contribution in [1.29, 1.82) is 0 Å². The highest BCUT2D eigenvalue weighted by Crippen LogP contribution is 2.35. The number of rotatable bonds is 8. The topological polar surface area (TPSA) is 102 Å². The first-order chi connectivity index (χ1) is 18.5. The molecule has 38 heavy (non-hydrogen) atoms. The number of hydrogen-bond acceptors (Lipinski definition) is 8. The van der Waals surface area contributed by atoms with E-state index in [1.165, 1.54) is 6.08 Å². The van der Waals surface area contributed by atoms with Crippen LogP contribution in [0.5, 0.6) is 11.5 Å². The Balaban J connectivity index is 1.30. The number of benzene rings is 2. The Morgan fingerprint density at radius 3 is 2.79 bits per heavy atom. The summed E-state index contributed by atoms with van der Waals surface area (Å²) in [5.41, 5.74) is 2.66. The van der Waals surface area contributed by atoms with Crippen LogP contribution in [-0.4, -0.2) is 34.0 Å². The molecule has 0 unspecified atom stereocenters. The quantitative estimate of drug-likeness (QED) is 0.193. The Morgan fingerprint density at radius 2 is 2.00 bits per heavy atom. The second-order valence-corrected chi connectivity index (χ2v) is 9.28. The molecule has 3 heterocycles. The van der Waals surface area contributed by atoms with Crippen LogP contribution in [0.2, 0.25) is 0 Å². The van der Waals surface area contributed by atoms with Gasteiger partial charge in [0.15, 0.2) is 11.6 Å². The van der Waals surface area contributed by atoms with Gasteiger partial charge < -0.3 is 25.0 Å². The normalized spacial score (nSPS) is 12.2. The lowest BCUT2D eigenvalue weighted by Gasteiger charge is -2.29. The molecule has 1 amide bonds. The molecule has 0 saturated heterocycles. The average molecular weight is 624 g/mol. The molecular weight excluding hydrogens is 602 g/mol. The molecule has 1 aliphatic heterocycles. The molecule has 0 radical (unpaired) electrons. The predicted molar refractivity (Wildman–Crippen MR) is 151 cm³/mol. The first kappa shape index (κ1) is 25.4. The fourth-order valence-electron chi connectivity index (χ4n) is 3.75. The highest BCUT2D eigenvalue weighted by Gasteiger charge is 2.22. The molecule has 2 aromatic heterocycles. The van der Waals surface area contributed by atoms with Gasteiger partial charge in [0.05, 0.1) is 27.7 Å². The fourth-order valence-corrected chi connectivity index (χ4v) is 4.42. The summed E-state index contributed by atoms with van der Waals surface area (Å²) < 4.78 is 26.9. The van der Waals surface area contributed by atoms with E-state index in [1.54, 1.807) is 41.4 Å². The van der Waals surface area contributed by atoms with Gasteiger partial charge in [0, 0.05) is 17.6 Å². The third-order valence-electron chi connectivity index (χ3n) is 5.56. The van der Waals surface area contributed by atoms with E-state index in [2.05, 4.69) is 54.8 Å². The average Bonchev–Trinajstić information content (AvgIpc) is 2.94. The summed E-state index contributed by atoms with van der Waals surface area (Å²) in [6.07, 6.45) is 4.06. The van der Waals surface area contributed by atoms with E-state index < -0.39 is 5.82 Å². The number of pyridine rings is 1. The van der Waals surface area contributed by atoms with E-state index in [0.717, 1.165) is 15.5 Å². The molecule has 1 aliphatic rings. The van der Waals surface area contributed by atoms with Crippen LogP contribution in [0, 0.1) is 9.39 Å². The van der Waals surface area contributed by atoms with Crippen LogP contribution in [-0.2, 0) is 11.4 Å². The van der Waals surface area contributed by atoms with Crippen molar-refractivity contribution in [3.05, 3.63) is 94.7 Å². The third-order valence-corrected chi connectivity index (χ3v) is 6.40. The number of halogens is 2. The van der Waals surface area contributed by atoms with Crippen molar-refractivity contribution in [2.24, 2.45) is 0 Å². The summed E-state index contributed by atoms with van der Waals surface area (Å²) >= 11 is 2.16. The first-order valence-electron chi connectivity index (χ1n) is 11.6. The minimum atomic E-state index is -0.609. The molecule has 0 bridgehead atoms. The summed E-state index contributed by atoms with van der Waals surface area (Å²) in [6.45, 7) is 4.71. The van der Waals surface area contributed by atoms with Crippen LogP contribution in [0.1, 0.15) is 5.69 Å². The lowest BCUT2D eigenvalue weighted by molar-refractivity contribution is -0.114. The Morgan fingerprint density at radius 1 is 1.16 bits per heavy atom. The number of amides is 1. The Hall–Kier alpha value is -4.26. The van der Waals surface area contributed by atoms with Crippen LogP contribution in [0.25, 0.3) is 0 Å². The zero-order valence-electron chi connectivity index (χ0n) is 20.0. The number of nitrogens with one attached hydrogen (secondary N) is 2. The monoisotopic (exact) mass is 624 g/mol. The number of anilines is 5. The molecular formula is C27H22FIN6O3. The van der Waals surface area contributed by atoms with E-state index in [-0.39, 0.29) is 17.7 Å². The Kier molecular flexibility index (Phi) is 7.63. The molecule has 5 rings (SSSR count). The Labute approximate surface area is 231 Å². The molecule has 4 aromatic rings. The van der Waals surface area contributed by atoms with Gasteiger partial charge >= 0.3 is 0 Å². The van der Waals surface area contributed by atoms with Gasteiger partial charge in [-0.05, 0) is 77.2 Å². The van der Waals surface area contributed by atoms with Gasteiger partial charge in [-0.25, -0.2) is 9.37 Å². The number of hydrogen-bond donors (Lipinski definition) is 2. The van der Waals surface area contributed by atoms with E-state index in [9.17, 15) is 9.18 Å². The van der Waals surface area contributed by atoms with Crippen LogP contribution in [0.3, 0.4) is 0 Å². The maximum absolute atomic E-state index is 14.6. The van der Waals surface area contributed by atoms with Crippen LogP contribution in [0.15, 0.2) is 79.6 Å². The zero-order valence-corrected chi connectivity index (χ0v) is 22.2. The largest absolute Gasteiger partial charge is 0.490 e. The van der Waals surface area contributed by atoms with Gasteiger partial charge in [-0.2, -0.15) is 4.98 Å². The first-order valence-corrected chi connectivity index (χ1v) is 12.7. The van der Waals surface area contributed by atoms with Gasteiger partial charge in [0.25, 0.3) is 5.91 Å². The van der Waals surface area contributed by atoms with Crippen molar-refractivity contribution in [2.45, 2.75) is 6.61 Å². The van der Waals surface area contributed by atoms with Crippen molar-refractivity contribution in [3.8, 4) is 11.5 Å². The van der Waals surface area contributed by atoms with Crippen molar-refractivity contribution in [1.82, 2.24) is 15.0 Å². The maximum atomic E-state index is 14.6. The van der Waals surface area contributed by atoms with Crippen molar-refractivity contribution >= 4 is 57.3 Å². The molecule has 9 nitrogen and oxygen atoms in total. The maximum Gasteiger partial charge on any atom is 0.250 e. The molecule has 192 valence electrons. The fraction of sp³-hybridized carbons (Fsp3) is 0.111. The number of aromatic nitrogens is 3. The molecule has 11 heteroatoms. The molecule has 2 N–H and O–H groups in total. The van der Waals surface area contributed by atoms with Crippen LogP contribution < -0.4 is 25.0 Å². The molecule has 0 spiro atoms. The van der Waals surface area contributed by atoms with E-state index >= 15 is 0 Å². The molecule has 0 saturated carbocycles. The number of ether oxygens (including phenoxy) is 2. The van der Waals surface area contributed by atoms with Gasteiger partial charge in [-0.15, -0.1) is 0 Å². The minimum Gasteiger partial charge on any atom is -0.490 e. The van der Waals surface area contributed by atoms with Crippen molar-refractivity contribution in [2.75, 3.05) is 28.7 Å². The highest BCUT2D eigenvalue weighted by atomic mass is 127. The molecule has 2 aromatic carbocycles. The highest BCUT2D eigenvalue weighted by molar-refractivity contribution is 14.1. The second kappa shape index (κ2) is 11.4. The summed E-state index contributed by atoms with van der Waals surface area (Å²) in [4.78, 5) is 26.4. The summed E-state index contributed by atoms with van der Waals surface area (Å²) in [6, 6.07) is 16.3. The second-order valence-electron chi connectivity index (χ2n) is 8.12. The van der Waals surface area contributed by atoms with Gasteiger partial charge in [-0.1, -0.05) is 12.6 Å². The minimum absolute atomic E-state index is 0.00482. The van der Waals surface area contributed by atoms with Gasteiger partial charge in [0.1, 0.15) is 24.7 Å². The summed E-state index contributed by atoms with van der Waals surface area (Å²) in [7, 11) is 0. The van der Waals surface area contributed by atoms with Crippen molar-refractivity contribution < 1.29 is 18.7 Å². The van der Waals surface area contributed by atoms with Crippen LogP contribution in [0.4, 0.5) is 33.2 Å². The zero-order chi connectivity index (χ0) is 26.5. The molecule has 0 aliphatic carbocycles. The third kappa shape index (κ3) is 5.83. The number of fused-ring (bicyclic) bond motifs is 1. The molecule has 0 fully saturated rings. The number of carbonyl (C=O) groups excluding carboxylic acids is 1. The van der Waals surface area contributed by atoms with Gasteiger partial charge in [0.2, 0.25) is 5.95 Å². The molecule has 0 atom stereocenters. The van der Waals surface area contributed by atoms with E-state index in [0.29, 0.717) is 48.3 Å². The standard InChI is InChI=1S/C27H22FIN6O3/c1-2-25(36)35-11-12-37-24-9-7-18(14-22(24)35)33-27-31-15-20(28)26(34-27)32-17-6-8-23(21(29)13-17)38-16-19-5-3-4-10-30-19/h2-10,13-15H,1,11-12,16H2,(H2,31,32,33,34). The lowest BCUT2D eigenvalue weighted by atomic mass is 10.2. The lowest BCUT2D eigenvalue weighted by Crippen LogP contribution is -2.36. The van der Waals surface area contributed by atoms with Crippen LogP contribution >= 0.6 is 22.6 Å².